The third-order valence-corrected chi connectivity index (χ3v) is 5.10. The van der Waals surface area contributed by atoms with Crippen molar-refractivity contribution in [3.63, 3.8) is 0 Å². The van der Waals surface area contributed by atoms with Crippen LogP contribution in [0.3, 0.4) is 0 Å². The van der Waals surface area contributed by atoms with Gasteiger partial charge < -0.3 is 14.2 Å². The molecule has 1 heterocycles. The number of thiazole rings is 1. The molecular weight excluding hydrogens is 478 g/mol. The Bertz CT molecular complexity index is 1180. The highest BCUT2D eigenvalue weighted by molar-refractivity contribution is 7.13. The van der Waals surface area contributed by atoms with E-state index in [1.54, 1.807) is 30.5 Å². The van der Waals surface area contributed by atoms with E-state index in [0.29, 0.717) is 27.7 Å². The van der Waals surface area contributed by atoms with Crippen LogP contribution in [0.1, 0.15) is 23.7 Å². The summed E-state index contributed by atoms with van der Waals surface area (Å²) in [5, 5.41) is 6.21. The Morgan fingerprint density at radius 1 is 1.18 bits per heavy atom. The van der Waals surface area contributed by atoms with Gasteiger partial charge >= 0.3 is 5.97 Å². The molecule has 0 spiro atoms. The predicted octanol–water partition coefficient (Wildman–Crippen LogP) is 4.84. The maximum Gasteiger partial charge on any atom is 0.311 e. The topological polar surface area (TPSA) is 82.0 Å². The van der Waals surface area contributed by atoms with Crippen molar-refractivity contribution in [1.82, 2.24) is 4.98 Å². The minimum Gasteiger partial charge on any atom is -0.496 e. The van der Waals surface area contributed by atoms with Gasteiger partial charge in [-0.1, -0.05) is 0 Å². The van der Waals surface area contributed by atoms with Gasteiger partial charge in [-0.3, -0.25) is 10.2 Å². The highest BCUT2D eigenvalue weighted by atomic mass is 32.1. The Morgan fingerprint density at radius 3 is 2.59 bits per heavy atom. The summed E-state index contributed by atoms with van der Waals surface area (Å²) < 4.78 is 69.6. The molecule has 0 fully saturated rings. The van der Waals surface area contributed by atoms with Gasteiger partial charge in [0, 0.05) is 17.0 Å². The number of nitrogens with one attached hydrogen (secondary N) is 1. The number of ether oxygens (including phenoxy) is 3. The van der Waals surface area contributed by atoms with Crippen LogP contribution in [0, 0.1) is 23.3 Å². The van der Waals surface area contributed by atoms with Crippen molar-refractivity contribution in [2.75, 3.05) is 19.1 Å². The number of rotatable bonds is 10. The SMILES string of the molecule is CCOC(=O)Cc1csc(NN=Cc2ccc(OC)c(COc3c(F)c(F)cc(F)c3F)c2)n1. The Kier molecular flexibility index (Phi) is 8.41. The highest BCUT2D eigenvalue weighted by Crippen LogP contribution is 2.29. The second kappa shape index (κ2) is 11.5. The standard InChI is InChI=1S/C22H19F4N3O4S/c1-3-32-18(30)7-14-11-34-22(28-14)29-27-9-12-4-5-17(31-2)13(6-12)10-33-21-19(25)15(23)8-16(24)20(21)26/h4-6,8-9,11H,3,7,10H2,1-2H3,(H,28,29). The number of halogens is 4. The van der Waals surface area contributed by atoms with E-state index in [1.165, 1.54) is 24.7 Å². The van der Waals surface area contributed by atoms with E-state index in [9.17, 15) is 22.4 Å². The van der Waals surface area contributed by atoms with Crippen molar-refractivity contribution in [2.24, 2.45) is 5.10 Å². The molecule has 180 valence electrons. The zero-order valence-electron chi connectivity index (χ0n) is 18.0. The molecule has 0 radical (unpaired) electrons. The molecule has 34 heavy (non-hydrogen) atoms. The van der Waals surface area contributed by atoms with Crippen molar-refractivity contribution >= 4 is 28.7 Å². The third kappa shape index (κ3) is 6.22. The molecule has 0 saturated heterocycles. The molecular formula is C22H19F4N3O4S. The summed E-state index contributed by atoms with van der Waals surface area (Å²) in [7, 11) is 1.38. The number of carbonyl (C=O) groups excluding carboxylic acids is 1. The Morgan fingerprint density at radius 2 is 1.91 bits per heavy atom. The van der Waals surface area contributed by atoms with Crippen molar-refractivity contribution in [2.45, 2.75) is 20.0 Å². The van der Waals surface area contributed by atoms with Crippen LogP contribution in [-0.2, 0) is 22.6 Å². The monoisotopic (exact) mass is 497 g/mol. The summed E-state index contributed by atoms with van der Waals surface area (Å²) in [6, 6.07) is 4.89. The van der Waals surface area contributed by atoms with Crippen LogP contribution in [-0.4, -0.2) is 30.9 Å². The molecule has 7 nitrogen and oxygen atoms in total. The molecule has 12 heteroatoms. The van der Waals surface area contributed by atoms with Crippen molar-refractivity contribution < 1.29 is 36.6 Å². The first kappa shape index (κ1) is 25.0. The molecule has 0 amide bonds. The fraction of sp³-hybridized carbons (Fsp3) is 0.227. The molecule has 2 aromatic carbocycles. The molecule has 3 rings (SSSR count). The minimum absolute atomic E-state index is 0.0496. The number of hydrazone groups is 1. The van der Waals surface area contributed by atoms with Crippen LogP contribution in [0.25, 0.3) is 0 Å². The van der Waals surface area contributed by atoms with Crippen molar-refractivity contribution in [3.05, 3.63) is 69.7 Å². The lowest BCUT2D eigenvalue weighted by molar-refractivity contribution is -0.142. The molecule has 0 atom stereocenters. The zero-order chi connectivity index (χ0) is 24.7. The van der Waals surface area contributed by atoms with Crippen molar-refractivity contribution in [1.29, 1.82) is 0 Å². The molecule has 1 aromatic heterocycles. The molecule has 3 aromatic rings. The first-order chi connectivity index (χ1) is 16.3. The second-order valence-corrected chi connectivity index (χ2v) is 7.51. The number of methoxy groups -OCH3 is 1. The fourth-order valence-corrected chi connectivity index (χ4v) is 3.44. The number of nitrogens with zero attached hydrogens (tertiary/aromatic N) is 2. The van der Waals surface area contributed by atoms with Gasteiger partial charge in [-0.25, -0.2) is 13.8 Å². The largest absolute Gasteiger partial charge is 0.496 e. The van der Waals surface area contributed by atoms with E-state index < -0.39 is 35.6 Å². The summed E-state index contributed by atoms with van der Waals surface area (Å²) in [5.41, 5.74) is 4.18. The number of benzene rings is 2. The fourth-order valence-electron chi connectivity index (χ4n) is 2.78. The quantitative estimate of drug-likeness (QED) is 0.142. The molecule has 0 aliphatic rings. The maximum absolute atomic E-state index is 13.8. The molecule has 0 saturated carbocycles. The van der Waals surface area contributed by atoms with E-state index in [1.807, 2.05) is 0 Å². The lowest BCUT2D eigenvalue weighted by atomic mass is 10.1. The van der Waals surface area contributed by atoms with E-state index in [4.69, 9.17) is 14.2 Å². The summed E-state index contributed by atoms with van der Waals surface area (Å²) in [6.45, 7) is 1.57. The zero-order valence-corrected chi connectivity index (χ0v) is 18.8. The number of hydrogen-bond acceptors (Lipinski definition) is 8. The summed E-state index contributed by atoms with van der Waals surface area (Å²) in [6.07, 6.45) is 1.49. The van der Waals surface area contributed by atoms with E-state index >= 15 is 0 Å². The third-order valence-electron chi connectivity index (χ3n) is 4.30. The van der Waals surface area contributed by atoms with Gasteiger partial charge in [-0.05, 0) is 30.7 Å². The van der Waals surface area contributed by atoms with E-state index in [-0.39, 0.29) is 25.1 Å². The van der Waals surface area contributed by atoms with Crippen LogP contribution in [0.4, 0.5) is 22.7 Å². The number of esters is 1. The second-order valence-electron chi connectivity index (χ2n) is 6.65. The summed E-state index contributed by atoms with van der Waals surface area (Å²) in [4.78, 5) is 15.7. The Hall–Kier alpha value is -3.67. The maximum atomic E-state index is 13.8. The number of hydrogen-bond donors (Lipinski definition) is 1. The molecule has 0 aliphatic heterocycles. The van der Waals surface area contributed by atoms with Gasteiger partial charge in [0.15, 0.2) is 17.4 Å². The van der Waals surface area contributed by atoms with E-state index in [0.717, 1.165) is 0 Å². The first-order valence-corrected chi connectivity index (χ1v) is 10.7. The summed E-state index contributed by atoms with van der Waals surface area (Å²) in [5.74, 6) is -7.62. The Balaban J connectivity index is 1.68. The van der Waals surface area contributed by atoms with Gasteiger partial charge in [-0.15, -0.1) is 11.3 Å². The van der Waals surface area contributed by atoms with Gasteiger partial charge in [0.2, 0.25) is 16.8 Å². The summed E-state index contributed by atoms with van der Waals surface area (Å²) >= 11 is 1.25. The molecule has 0 aliphatic carbocycles. The van der Waals surface area contributed by atoms with Crippen LogP contribution in [0.5, 0.6) is 11.5 Å². The van der Waals surface area contributed by atoms with Gasteiger partial charge in [0.25, 0.3) is 0 Å². The minimum atomic E-state index is -1.63. The highest BCUT2D eigenvalue weighted by Gasteiger charge is 2.21. The van der Waals surface area contributed by atoms with Gasteiger partial charge in [0.1, 0.15) is 12.4 Å². The Labute approximate surface area is 196 Å². The van der Waals surface area contributed by atoms with E-state index in [2.05, 4.69) is 15.5 Å². The lowest BCUT2D eigenvalue weighted by Crippen LogP contribution is -2.07. The average molecular weight is 497 g/mol. The average Bonchev–Trinajstić information content (AvgIpc) is 3.25. The smallest absolute Gasteiger partial charge is 0.311 e. The van der Waals surface area contributed by atoms with Crippen molar-refractivity contribution in [3.8, 4) is 11.5 Å². The van der Waals surface area contributed by atoms with Crippen LogP contribution >= 0.6 is 11.3 Å². The molecule has 0 bridgehead atoms. The lowest BCUT2D eigenvalue weighted by Gasteiger charge is -2.12. The van der Waals surface area contributed by atoms with Gasteiger partial charge in [0.05, 0.1) is 32.0 Å². The van der Waals surface area contributed by atoms with Crippen LogP contribution in [0.2, 0.25) is 0 Å². The predicted molar refractivity (Wildman–Crippen MR) is 117 cm³/mol. The molecule has 1 N–H and O–H groups in total. The normalized spacial score (nSPS) is 11.0. The number of aromatic nitrogens is 1. The number of anilines is 1. The van der Waals surface area contributed by atoms with Crippen LogP contribution in [0.15, 0.2) is 34.7 Å². The molecule has 0 unspecified atom stereocenters. The first-order valence-electron chi connectivity index (χ1n) is 9.84. The number of carbonyl (C=O) groups is 1. The van der Waals surface area contributed by atoms with Crippen LogP contribution < -0.4 is 14.9 Å². The van der Waals surface area contributed by atoms with Gasteiger partial charge in [-0.2, -0.15) is 13.9 Å².